The third kappa shape index (κ3) is 3.45. The van der Waals surface area contributed by atoms with E-state index in [1.165, 1.54) is 31.9 Å². The van der Waals surface area contributed by atoms with Crippen LogP contribution >= 0.6 is 11.3 Å². The predicted molar refractivity (Wildman–Crippen MR) is 151 cm³/mol. The number of carbonyl (C=O) groups excluding carboxylic acids is 1. The van der Waals surface area contributed by atoms with Crippen molar-refractivity contribution in [2.24, 2.45) is 0 Å². The van der Waals surface area contributed by atoms with Crippen molar-refractivity contribution < 1.29 is 14.6 Å². The number of aliphatic hydroxyl groups excluding tert-OH is 1. The van der Waals surface area contributed by atoms with Crippen LogP contribution in [0.5, 0.6) is 0 Å². The van der Waals surface area contributed by atoms with E-state index in [2.05, 4.69) is 23.2 Å². The van der Waals surface area contributed by atoms with E-state index < -0.39 is 6.23 Å². The quantitative estimate of drug-likeness (QED) is 0.251. The zero-order chi connectivity index (χ0) is 26.1. The minimum atomic E-state index is -0.852. The van der Waals surface area contributed by atoms with Crippen molar-refractivity contribution in [1.82, 2.24) is 14.5 Å². The van der Waals surface area contributed by atoms with Gasteiger partial charge in [-0.25, -0.2) is 14.8 Å². The molecule has 1 saturated carbocycles. The van der Waals surface area contributed by atoms with E-state index in [1.54, 1.807) is 11.3 Å². The van der Waals surface area contributed by atoms with Crippen LogP contribution < -0.4 is 0 Å². The molecule has 0 spiro atoms. The first-order valence-corrected chi connectivity index (χ1v) is 14.1. The van der Waals surface area contributed by atoms with E-state index in [1.807, 2.05) is 42.7 Å². The molecule has 38 heavy (non-hydrogen) atoms. The second-order valence-corrected chi connectivity index (χ2v) is 11.7. The van der Waals surface area contributed by atoms with E-state index in [0.717, 1.165) is 72.7 Å². The highest BCUT2D eigenvalue weighted by molar-refractivity contribution is 7.15. The molecule has 1 fully saturated rings. The van der Waals surface area contributed by atoms with Crippen LogP contribution in [-0.2, 0) is 4.74 Å². The van der Waals surface area contributed by atoms with E-state index in [-0.39, 0.29) is 5.97 Å². The maximum atomic E-state index is 12.4. The van der Waals surface area contributed by atoms with Crippen LogP contribution in [0.25, 0.3) is 43.6 Å². The third-order valence-electron chi connectivity index (χ3n) is 8.25. The summed E-state index contributed by atoms with van der Waals surface area (Å²) in [5.74, 6) is 0.0566. The normalized spacial score (nSPS) is 17.2. The molecule has 7 rings (SSSR count). The zero-order valence-electron chi connectivity index (χ0n) is 21.7. The Kier molecular flexibility index (Phi) is 5.42. The minimum absolute atomic E-state index is 0.372. The number of benzene rings is 2. The summed E-state index contributed by atoms with van der Waals surface area (Å²) in [5, 5.41) is 14.9. The van der Waals surface area contributed by atoms with Gasteiger partial charge >= 0.3 is 5.97 Å². The number of ether oxygens (including phenoxy) is 1. The summed E-state index contributed by atoms with van der Waals surface area (Å²) in [6, 6.07) is 14.2. The van der Waals surface area contributed by atoms with Gasteiger partial charge in [-0.1, -0.05) is 31.4 Å². The highest BCUT2D eigenvalue weighted by atomic mass is 32.1. The molecular formula is C31H29N3O3S. The number of aryl methyl sites for hydroxylation is 2. The fourth-order valence-electron chi connectivity index (χ4n) is 6.56. The number of esters is 1. The van der Waals surface area contributed by atoms with Gasteiger partial charge in [-0.15, -0.1) is 11.3 Å². The Labute approximate surface area is 224 Å². The van der Waals surface area contributed by atoms with Crippen LogP contribution in [0.1, 0.15) is 76.4 Å². The molecule has 0 radical (unpaired) electrons. The van der Waals surface area contributed by atoms with E-state index in [0.29, 0.717) is 11.5 Å². The summed E-state index contributed by atoms with van der Waals surface area (Å²) in [7, 11) is 1.40. The van der Waals surface area contributed by atoms with Crippen molar-refractivity contribution in [2.75, 3.05) is 7.11 Å². The van der Waals surface area contributed by atoms with Gasteiger partial charge in [0.1, 0.15) is 0 Å². The fraction of sp³-hybridized carbons (Fsp3) is 0.323. The van der Waals surface area contributed by atoms with Gasteiger partial charge < -0.3 is 14.4 Å². The van der Waals surface area contributed by atoms with Crippen molar-refractivity contribution >= 4 is 39.1 Å². The molecule has 192 valence electrons. The van der Waals surface area contributed by atoms with Crippen LogP contribution in [-0.4, -0.2) is 32.7 Å². The van der Waals surface area contributed by atoms with Crippen LogP contribution in [0.3, 0.4) is 0 Å². The predicted octanol–water partition coefficient (Wildman–Crippen LogP) is 7.28. The molecule has 0 bridgehead atoms. The second-order valence-electron chi connectivity index (χ2n) is 10.5. The maximum absolute atomic E-state index is 12.4. The molecular weight excluding hydrogens is 494 g/mol. The molecule has 3 aromatic heterocycles. The number of rotatable bonds is 3. The molecule has 1 atom stereocenters. The monoisotopic (exact) mass is 523 g/mol. The van der Waals surface area contributed by atoms with Gasteiger partial charge in [0.25, 0.3) is 0 Å². The lowest BCUT2D eigenvalue weighted by atomic mass is 9.81. The topological polar surface area (TPSA) is 77.2 Å². The number of hydrogen-bond acceptors (Lipinski definition) is 6. The second kappa shape index (κ2) is 8.75. The Morgan fingerprint density at radius 2 is 1.87 bits per heavy atom. The number of methoxy groups -OCH3 is 1. The van der Waals surface area contributed by atoms with Crippen LogP contribution in [0.15, 0.2) is 42.5 Å². The molecule has 0 amide bonds. The molecule has 0 saturated heterocycles. The lowest BCUT2D eigenvalue weighted by molar-refractivity contribution is 0.0600. The van der Waals surface area contributed by atoms with Crippen molar-refractivity contribution in [2.45, 2.75) is 58.1 Å². The van der Waals surface area contributed by atoms with Gasteiger partial charge in [-0.2, -0.15) is 0 Å². The number of fused-ring (bicyclic) bond motifs is 6. The van der Waals surface area contributed by atoms with E-state index in [9.17, 15) is 9.90 Å². The van der Waals surface area contributed by atoms with Gasteiger partial charge in [-0.05, 0) is 68.5 Å². The molecule has 2 aliphatic rings. The summed E-state index contributed by atoms with van der Waals surface area (Å²) in [6.07, 6.45) is 5.13. The largest absolute Gasteiger partial charge is 0.465 e. The van der Waals surface area contributed by atoms with Crippen LogP contribution in [0.4, 0.5) is 0 Å². The van der Waals surface area contributed by atoms with Crippen molar-refractivity contribution in [3.63, 3.8) is 0 Å². The maximum Gasteiger partial charge on any atom is 0.337 e. The molecule has 1 unspecified atom stereocenters. The van der Waals surface area contributed by atoms with E-state index >= 15 is 0 Å². The Hall–Kier alpha value is -3.55. The van der Waals surface area contributed by atoms with Crippen LogP contribution in [0.2, 0.25) is 0 Å². The molecule has 2 aromatic carbocycles. The smallest absolute Gasteiger partial charge is 0.337 e. The summed E-state index contributed by atoms with van der Waals surface area (Å²) in [4.78, 5) is 23.0. The summed E-state index contributed by atoms with van der Waals surface area (Å²) < 4.78 is 7.02. The van der Waals surface area contributed by atoms with Crippen molar-refractivity contribution in [1.29, 1.82) is 0 Å². The summed E-state index contributed by atoms with van der Waals surface area (Å²) in [6.45, 7) is 4.03. The number of carbonyl (C=O) groups is 1. The number of aliphatic hydroxyl groups is 1. The average molecular weight is 524 g/mol. The fourth-order valence-corrected chi connectivity index (χ4v) is 7.44. The third-order valence-corrected chi connectivity index (χ3v) is 9.35. The molecule has 4 heterocycles. The number of thiazole rings is 1. The zero-order valence-corrected chi connectivity index (χ0v) is 22.6. The summed E-state index contributed by atoms with van der Waals surface area (Å²) >= 11 is 1.65. The summed E-state index contributed by atoms with van der Waals surface area (Å²) in [5.41, 5.74) is 8.41. The van der Waals surface area contributed by atoms with Gasteiger partial charge in [0, 0.05) is 21.9 Å². The standard InChI is InChI=1S/C31H29N3O3S/c1-16-29(38-17(2)32-16)24-12-10-19-13-22-23(15-25(19)33-24)30(35)34-26-14-20(31(36)37-3)9-11-21(26)27(28(22)34)18-7-5-4-6-8-18/h9-15,18,30,35H,4-8H2,1-3H3. The molecule has 7 heteroatoms. The Morgan fingerprint density at radius 3 is 2.61 bits per heavy atom. The first-order chi connectivity index (χ1) is 18.4. The highest BCUT2D eigenvalue weighted by Crippen LogP contribution is 2.51. The lowest BCUT2D eigenvalue weighted by Crippen LogP contribution is -2.06. The molecule has 1 aliphatic heterocycles. The van der Waals surface area contributed by atoms with Gasteiger partial charge in [0.2, 0.25) is 0 Å². The van der Waals surface area contributed by atoms with Crippen molar-refractivity contribution in [3.05, 3.63) is 69.9 Å². The highest BCUT2D eigenvalue weighted by Gasteiger charge is 2.36. The number of aromatic nitrogens is 3. The average Bonchev–Trinajstić information content (AvgIpc) is 3.55. The van der Waals surface area contributed by atoms with Gasteiger partial charge in [0.05, 0.1) is 50.7 Å². The molecule has 1 N–H and O–H groups in total. The Balaban J connectivity index is 1.45. The SMILES string of the molecule is COC(=O)c1ccc2c(C3CCCCC3)c3n(c2c1)C(O)c1cc2nc(-c4sc(C)nc4C)ccc2cc1-3. The van der Waals surface area contributed by atoms with E-state index in [4.69, 9.17) is 9.72 Å². The van der Waals surface area contributed by atoms with Gasteiger partial charge in [-0.3, -0.25) is 0 Å². The molecule has 1 aliphatic carbocycles. The van der Waals surface area contributed by atoms with Gasteiger partial charge in [0.15, 0.2) is 6.23 Å². The first kappa shape index (κ1) is 23.6. The number of nitrogens with zero attached hydrogens (tertiary/aromatic N) is 3. The number of pyridine rings is 1. The lowest BCUT2D eigenvalue weighted by Gasteiger charge is -2.23. The molecule has 6 nitrogen and oxygen atoms in total. The molecule has 5 aromatic rings. The Morgan fingerprint density at radius 1 is 1.05 bits per heavy atom. The Bertz CT molecular complexity index is 1760. The minimum Gasteiger partial charge on any atom is -0.465 e. The number of hydrogen-bond donors (Lipinski definition) is 1. The first-order valence-electron chi connectivity index (χ1n) is 13.3. The van der Waals surface area contributed by atoms with Crippen molar-refractivity contribution in [3.8, 4) is 21.8 Å². The van der Waals surface area contributed by atoms with Crippen LogP contribution in [0, 0.1) is 13.8 Å².